The average Bonchev–Trinajstić information content (AvgIpc) is 2.61. The largest absolute Gasteiger partial charge is 0.507 e. The molecular formula is C16H15O7P. The first-order chi connectivity index (χ1) is 11.7. The van der Waals surface area contributed by atoms with Gasteiger partial charge in [-0.05, 0) is 24.3 Å². The summed E-state index contributed by atoms with van der Waals surface area (Å²) >= 11 is 0. The summed E-state index contributed by atoms with van der Waals surface area (Å²) in [6, 6.07) is 14.5. The van der Waals surface area contributed by atoms with E-state index >= 15 is 0 Å². The summed E-state index contributed by atoms with van der Waals surface area (Å²) in [4.78, 5) is 23.2. The van der Waals surface area contributed by atoms with E-state index < -0.39 is 21.0 Å². The monoisotopic (exact) mass is 350 g/mol. The summed E-state index contributed by atoms with van der Waals surface area (Å²) < 4.78 is 19.6. The zero-order valence-electron chi connectivity index (χ0n) is 12.5. The van der Waals surface area contributed by atoms with Crippen LogP contribution in [0, 0.1) is 0 Å². The van der Waals surface area contributed by atoms with Crippen LogP contribution in [0.1, 0.15) is 20.7 Å². The first-order valence-electron chi connectivity index (χ1n) is 6.84. The second kappa shape index (κ2) is 9.62. The van der Waals surface area contributed by atoms with Crippen molar-refractivity contribution >= 4 is 21.0 Å². The molecule has 1 N–H and O–H groups in total. The van der Waals surface area contributed by atoms with E-state index in [-0.39, 0.29) is 24.9 Å². The molecule has 1 unspecified atom stereocenters. The van der Waals surface area contributed by atoms with E-state index in [0.29, 0.717) is 5.56 Å². The highest BCUT2D eigenvalue weighted by atomic mass is 31.1. The number of hydrogen-bond donors (Lipinski definition) is 1. The Bertz CT molecular complexity index is 675. The van der Waals surface area contributed by atoms with Crippen LogP contribution in [0.15, 0.2) is 54.6 Å². The minimum absolute atomic E-state index is 0.0437. The average molecular weight is 350 g/mol. The molecule has 0 radical (unpaired) electrons. The van der Waals surface area contributed by atoms with Crippen molar-refractivity contribution in [3.8, 4) is 5.75 Å². The quantitative estimate of drug-likeness (QED) is 0.339. The highest BCUT2D eigenvalue weighted by Gasteiger charge is 2.11. The van der Waals surface area contributed by atoms with Crippen molar-refractivity contribution in [3.63, 3.8) is 0 Å². The number of ether oxygens (including phenoxy) is 2. The van der Waals surface area contributed by atoms with Crippen LogP contribution >= 0.6 is 9.03 Å². The maximum absolute atomic E-state index is 11.6. The summed E-state index contributed by atoms with van der Waals surface area (Å²) in [6.45, 7) is -0.627. The number of para-hydroxylation sites is 1. The third-order valence-corrected chi connectivity index (χ3v) is 3.22. The SMILES string of the molecule is O=C(OCOPOCOC(=O)c1ccccc1O)c1ccccc1. The van der Waals surface area contributed by atoms with Crippen molar-refractivity contribution in [3.05, 3.63) is 65.7 Å². The predicted octanol–water partition coefficient (Wildman–Crippen LogP) is 2.86. The molecule has 0 saturated heterocycles. The summed E-state index contributed by atoms with van der Waals surface area (Å²) in [7, 11) is -0.473. The van der Waals surface area contributed by atoms with Gasteiger partial charge in [0.05, 0.1) is 5.56 Å². The molecule has 0 aliphatic carbocycles. The van der Waals surface area contributed by atoms with Gasteiger partial charge in [-0.3, -0.25) is 9.05 Å². The normalized spacial score (nSPS) is 10.7. The molecule has 126 valence electrons. The van der Waals surface area contributed by atoms with Crippen molar-refractivity contribution < 1.29 is 33.2 Å². The lowest BCUT2D eigenvalue weighted by atomic mass is 10.2. The Balaban J connectivity index is 1.56. The standard InChI is InChI=1S/C16H15O7P/c17-14-9-5-4-8-13(14)16(19)21-11-23-24-22-10-20-15(18)12-6-2-1-3-7-12/h1-9,17,24H,10-11H2. The van der Waals surface area contributed by atoms with E-state index in [1.165, 1.54) is 12.1 Å². The van der Waals surface area contributed by atoms with Crippen LogP contribution in [0.3, 0.4) is 0 Å². The number of carbonyl (C=O) groups excluding carboxylic acids is 2. The predicted molar refractivity (Wildman–Crippen MR) is 85.6 cm³/mol. The van der Waals surface area contributed by atoms with Crippen LogP contribution in [0.5, 0.6) is 5.75 Å². The molecule has 0 heterocycles. The minimum Gasteiger partial charge on any atom is -0.507 e. The molecule has 0 aliphatic rings. The number of hydrogen-bond acceptors (Lipinski definition) is 7. The number of carbonyl (C=O) groups is 2. The third-order valence-electron chi connectivity index (χ3n) is 2.75. The molecule has 8 heteroatoms. The Hall–Kier alpha value is -2.47. The Morgan fingerprint density at radius 3 is 2.08 bits per heavy atom. The number of phenolic OH excluding ortho intramolecular Hbond substituents is 1. The highest BCUT2D eigenvalue weighted by molar-refractivity contribution is 7.26. The van der Waals surface area contributed by atoms with Crippen LogP contribution in [0.4, 0.5) is 0 Å². The second-order valence-electron chi connectivity index (χ2n) is 4.35. The molecule has 0 bridgehead atoms. The van der Waals surface area contributed by atoms with Gasteiger partial charge in [-0.25, -0.2) is 9.59 Å². The van der Waals surface area contributed by atoms with E-state index in [1.54, 1.807) is 42.5 Å². The molecule has 0 amide bonds. The van der Waals surface area contributed by atoms with Crippen LogP contribution in [0.2, 0.25) is 0 Å². The highest BCUT2D eigenvalue weighted by Crippen LogP contribution is 2.18. The molecule has 7 nitrogen and oxygen atoms in total. The number of aromatic hydroxyl groups is 1. The molecular weight excluding hydrogens is 335 g/mol. The van der Waals surface area contributed by atoms with Crippen molar-refractivity contribution in [2.45, 2.75) is 0 Å². The van der Waals surface area contributed by atoms with E-state index in [2.05, 4.69) is 0 Å². The minimum atomic E-state index is -0.714. The molecule has 24 heavy (non-hydrogen) atoms. The Kier molecular flexibility index (Phi) is 7.17. The molecule has 2 aromatic rings. The van der Waals surface area contributed by atoms with Crippen LogP contribution in [0.25, 0.3) is 0 Å². The summed E-state index contributed by atoms with van der Waals surface area (Å²) in [5.41, 5.74) is 0.462. The van der Waals surface area contributed by atoms with E-state index in [9.17, 15) is 14.7 Å². The van der Waals surface area contributed by atoms with E-state index in [1.807, 2.05) is 0 Å². The maximum atomic E-state index is 11.6. The maximum Gasteiger partial charge on any atom is 0.344 e. The van der Waals surface area contributed by atoms with E-state index in [0.717, 1.165) is 0 Å². The van der Waals surface area contributed by atoms with Gasteiger partial charge in [-0.1, -0.05) is 30.3 Å². The molecule has 0 fully saturated rings. The van der Waals surface area contributed by atoms with E-state index in [4.69, 9.17) is 18.5 Å². The molecule has 0 saturated carbocycles. The number of rotatable bonds is 8. The van der Waals surface area contributed by atoms with Gasteiger partial charge in [0.15, 0.2) is 22.6 Å². The fourth-order valence-corrected chi connectivity index (χ4v) is 1.93. The van der Waals surface area contributed by atoms with Gasteiger partial charge >= 0.3 is 11.9 Å². The van der Waals surface area contributed by atoms with Gasteiger partial charge in [-0.2, -0.15) is 0 Å². The molecule has 0 aliphatic heterocycles. The fourth-order valence-electron chi connectivity index (χ4n) is 1.64. The number of esters is 2. The van der Waals surface area contributed by atoms with Crippen molar-refractivity contribution in [2.75, 3.05) is 13.6 Å². The zero-order chi connectivity index (χ0) is 17.2. The van der Waals surface area contributed by atoms with Crippen molar-refractivity contribution in [1.82, 2.24) is 0 Å². The number of phenols is 1. The third kappa shape index (κ3) is 5.62. The lowest BCUT2D eigenvalue weighted by Crippen LogP contribution is -2.08. The fraction of sp³-hybridized carbons (Fsp3) is 0.125. The Morgan fingerprint density at radius 2 is 1.42 bits per heavy atom. The van der Waals surface area contributed by atoms with Gasteiger partial charge in [0, 0.05) is 0 Å². The summed E-state index contributed by atoms with van der Waals surface area (Å²) in [6.07, 6.45) is 0. The lowest BCUT2D eigenvalue weighted by molar-refractivity contribution is 0.00320. The summed E-state index contributed by atoms with van der Waals surface area (Å²) in [5.74, 6) is -1.39. The Labute approximate surface area is 140 Å². The summed E-state index contributed by atoms with van der Waals surface area (Å²) in [5, 5.41) is 9.49. The topological polar surface area (TPSA) is 91.3 Å². The smallest absolute Gasteiger partial charge is 0.344 e. The van der Waals surface area contributed by atoms with Crippen LogP contribution in [-0.4, -0.2) is 30.6 Å². The van der Waals surface area contributed by atoms with Crippen molar-refractivity contribution in [1.29, 1.82) is 0 Å². The Morgan fingerprint density at radius 1 is 0.833 bits per heavy atom. The van der Waals surface area contributed by atoms with Gasteiger partial charge in [-0.15, -0.1) is 0 Å². The van der Waals surface area contributed by atoms with Crippen molar-refractivity contribution in [2.24, 2.45) is 0 Å². The van der Waals surface area contributed by atoms with Crippen LogP contribution < -0.4 is 0 Å². The lowest BCUT2D eigenvalue weighted by Gasteiger charge is -2.07. The van der Waals surface area contributed by atoms with Gasteiger partial charge in [0.1, 0.15) is 11.3 Å². The first kappa shape index (κ1) is 17.9. The number of benzene rings is 2. The molecule has 0 aromatic heterocycles. The molecule has 1 atom stereocenters. The molecule has 2 aromatic carbocycles. The second-order valence-corrected chi connectivity index (χ2v) is 5.10. The van der Waals surface area contributed by atoms with Crippen LogP contribution in [-0.2, 0) is 18.5 Å². The van der Waals surface area contributed by atoms with Gasteiger partial charge < -0.3 is 14.6 Å². The molecule has 2 rings (SSSR count). The van der Waals surface area contributed by atoms with Gasteiger partial charge in [0.2, 0.25) is 0 Å². The zero-order valence-corrected chi connectivity index (χ0v) is 13.5. The van der Waals surface area contributed by atoms with Gasteiger partial charge in [0.25, 0.3) is 0 Å². The first-order valence-corrected chi connectivity index (χ1v) is 7.66. The molecule has 0 spiro atoms.